The molecular weight excluding hydrogens is 224 g/mol. The summed E-state index contributed by atoms with van der Waals surface area (Å²) in [5.74, 6) is -1.14. The van der Waals surface area contributed by atoms with Gasteiger partial charge in [0.2, 0.25) is 5.91 Å². The molecule has 0 fully saturated rings. The van der Waals surface area contributed by atoms with Gasteiger partial charge in [-0.2, -0.15) is 0 Å². The summed E-state index contributed by atoms with van der Waals surface area (Å²) in [4.78, 5) is 32.5. The maximum absolute atomic E-state index is 11.6. The molecule has 0 aromatic carbocycles. The number of nitrogens with one attached hydrogen (secondary N) is 1. The molecule has 1 amide bonds. The van der Waals surface area contributed by atoms with Crippen LogP contribution < -0.4 is 11.1 Å². The van der Waals surface area contributed by atoms with Crippen molar-refractivity contribution in [3.8, 4) is 0 Å². The van der Waals surface area contributed by atoms with Crippen LogP contribution in [0.1, 0.15) is 33.1 Å². The molecule has 6 heteroatoms. The number of carboxylic acid groups (broad SMARTS) is 1. The quantitative estimate of drug-likeness (QED) is 0.517. The van der Waals surface area contributed by atoms with E-state index in [0.717, 1.165) is 0 Å². The van der Waals surface area contributed by atoms with Gasteiger partial charge in [-0.3, -0.25) is 9.59 Å². The molecule has 0 bridgehead atoms. The van der Waals surface area contributed by atoms with Crippen molar-refractivity contribution >= 4 is 18.2 Å². The van der Waals surface area contributed by atoms with Gasteiger partial charge in [0.25, 0.3) is 0 Å². The normalized spacial score (nSPS) is 14.1. The third-order valence-corrected chi connectivity index (χ3v) is 2.22. The topological polar surface area (TPSA) is 109 Å². The predicted molar refractivity (Wildman–Crippen MR) is 62.3 cm³/mol. The lowest BCUT2D eigenvalue weighted by atomic mass is 10.0. The van der Waals surface area contributed by atoms with Crippen LogP contribution in [0, 0.1) is 5.92 Å². The number of rotatable bonds is 8. The minimum absolute atomic E-state index is 0.0823. The molecule has 0 heterocycles. The van der Waals surface area contributed by atoms with Crippen LogP contribution in [0.5, 0.6) is 0 Å². The van der Waals surface area contributed by atoms with Gasteiger partial charge >= 0.3 is 5.97 Å². The van der Waals surface area contributed by atoms with Crippen LogP contribution >= 0.6 is 0 Å². The summed E-state index contributed by atoms with van der Waals surface area (Å²) in [5.41, 5.74) is 5.63. The van der Waals surface area contributed by atoms with E-state index in [9.17, 15) is 14.4 Å². The molecule has 4 N–H and O–H groups in total. The van der Waals surface area contributed by atoms with Crippen molar-refractivity contribution in [1.82, 2.24) is 5.32 Å². The van der Waals surface area contributed by atoms with Gasteiger partial charge < -0.3 is 21.0 Å². The number of carboxylic acids is 1. The lowest BCUT2D eigenvalue weighted by Gasteiger charge is -2.17. The van der Waals surface area contributed by atoms with Gasteiger partial charge in [-0.15, -0.1) is 0 Å². The summed E-state index contributed by atoms with van der Waals surface area (Å²) in [5, 5.41) is 10.9. The Bertz CT molecular complexity index is 279. The molecule has 0 saturated heterocycles. The van der Waals surface area contributed by atoms with E-state index in [1.54, 1.807) is 0 Å². The second-order valence-electron chi connectivity index (χ2n) is 4.42. The molecule has 17 heavy (non-hydrogen) atoms. The molecular formula is C11H20N2O4. The van der Waals surface area contributed by atoms with Crippen molar-refractivity contribution in [2.75, 3.05) is 0 Å². The second kappa shape index (κ2) is 7.78. The molecule has 0 radical (unpaired) electrons. The summed E-state index contributed by atoms with van der Waals surface area (Å²) >= 11 is 0. The number of amides is 1. The highest BCUT2D eigenvalue weighted by atomic mass is 16.4. The Morgan fingerprint density at radius 3 is 2.41 bits per heavy atom. The molecule has 0 spiro atoms. The first kappa shape index (κ1) is 15.6. The van der Waals surface area contributed by atoms with Crippen LogP contribution in [0.25, 0.3) is 0 Å². The van der Waals surface area contributed by atoms with Gasteiger partial charge in [0.1, 0.15) is 6.29 Å². The summed E-state index contributed by atoms with van der Waals surface area (Å²) < 4.78 is 0. The zero-order valence-corrected chi connectivity index (χ0v) is 10.2. The van der Waals surface area contributed by atoms with E-state index >= 15 is 0 Å². The van der Waals surface area contributed by atoms with E-state index in [1.165, 1.54) is 0 Å². The highest BCUT2D eigenvalue weighted by Gasteiger charge is 2.19. The molecule has 0 unspecified atom stereocenters. The molecule has 0 aliphatic heterocycles. The first-order valence-electron chi connectivity index (χ1n) is 5.59. The molecule has 0 saturated carbocycles. The van der Waals surface area contributed by atoms with Crippen LogP contribution in [-0.4, -0.2) is 35.4 Å². The molecule has 6 nitrogen and oxygen atoms in total. The van der Waals surface area contributed by atoms with Crippen molar-refractivity contribution in [2.45, 2.75) is 45.2 Å². The average molecular weight is 244 g/mol. The second-order valence-corrected chi connectivity index (χ2v) is 4.42. The zero-order chi connectivity index (χ0) is 13.4. The SMILES string of the molecule is CC(C)C[C@H](N)C(=O)N[C@H](C=O)CCC(=O)O. The van der Waals surface area contributed by atoms with Gasteiger partial charge in [0, 0.05) is 6.42 Å². The minimum atomic E-state index is -1.00. The Hall–Kier alpha value is -1.43. The standard InChI is InChI=1S/C11H20N2O4/c1-7(2)5-9(12)11(17)13-8(6-14)3-4-10(15)16/h6-9H,3-5,12H2,1-2H3,(H,13,17)(H,15,16)/t8-,9-/m0/s1. The monoisotopic (exact) mass is 244 g/mol. The van der Waals surface area contributed by atoms with Crippen molar-refractivity contribution in [1.29, 1.82) is 0 Å². The summed E-state index contributed by atoms with van der Waals surface area (Å²) in [6, 6.07) is -1.45. The van der Waals surface area contributed by atoms with Crippen LogP contribution in [-0.2, 0) is 14.4 Å². The maximum atomic E-state index is 11.6. The van der Waals surface area contributed by atoms with E-state index in [-0.39, 0.29) is 18.8 Å². The average Bonchev–Trinajstić information content (AvgIpc) is 2.22. The van der Waals surface area contributed by atoms with Gasteiger partial charge in [-0.1, -0.05) is 13.8 Å². The van der Waals surface area contributed by atoms with E-state index in [1.807, 2.05) is 13.8 Å². The van der Waals surface area contributed by atoms with Crippen molar-refractivity contribution in [3.05, 3.63) is 0 Å². The molecule has 0 aliphatic rings. The minimum Gasteiger partial charge on any atom is -0.481 e. The van der Waals surface area contributed by atoms with Crippen LogP contribution in [0.2, 0.25) is 0 Å². The number of nitrogens with two attached hydrogens (primary N) is 1. The number of carbonyl (C=O) groups is 3. The highest BCUT2D eigenvalue weighted by Crippen LogP contribution is 2.03. The fraction of sp³-hybridized carbons (Fsp3) is 0.727. The molecule has 98 valence electrons. The maximum Gasteiger partial charge on any atom is 0.303 e. The molecule has 0 rings (SSSR count). The predicted octanol–water partition coefficient (Wildman–Crippen LogP) is -0.0917. The fourth-order valence-corrected chi connectivity index (χ4v) is 1.36. The van der Waals surface area contributed by atoms with Crippen LogP contribution in [0.15, 0.2) is 0 Å². The molecule has 2 atom stereocenters. The number of aliphatic carboxylic acids is 1. The smallest absolute Gasteiger partial charge is 0.303 e. The van der Waals surface area contributed by atoms with Crippen molar-refractivity contribution in [2.24, 2.45) is 11.7 Å². The first-order chi connectivity index (χ1) is 7.86. The van der Waals surface area contributed by atoms with Crippen LogP contribution in [0.4, 0.5) is 0 Å². The van der Waals surface area contributed by atoms with Gasteiger partial charge in [-0.05, 0) is 18.8 Å². The first-order valence-corrected chi connectivity index (χ1v) is 5.59. The Morgan fingerprint density at radius 2 is 2.00 bits per heavy atom. The Labute approximate surface area is 101 Å². The van der Waals surface area contributed by atoms with E-state index in [0.29, 0.717) is 12.7 Å². The number of aldehydes is 1. The molecule has 0 aliphatic carbocycles. The number of hydrogen-bond acceptors (Lipinski definition) is 4. The van der Waals surface area contributed by atoms with Crippen LogP contribution in [0.3, 0.4) is 0 Å². The number of carbonyl (C=O) groups excluding carboxylic acids is 2. The zero-order valence-electron chi connectivity index (χ0n) is 10.2. The third kappa shape index (κ3) is 7.46. The van der Waals surface area contributed by atoms with Crippen molar-refractivity contribution < 1.29 is 19.5 Å². The fourth-order valence-electron chi connectivity index (χ4n) is 1.36. The Balaban J connectivity index is 4.13. The summed E-state index contributed by atoms with van der Waals surface area (Å²) in [6.07, 6.45) is 0.974. The van der Waals surface area contributed by atoms with Crippen molar-refractivity contribution in [3.63, 3.8) is 0 Å². The van der Waals surface area contributed by atoms with Gasteiger partial charge in [0.15, 0.2) is 0 Å². The largest absolute Gasteiger partial charge is 0.481 e. The number of hydrogen-bond donors (Lipinski definition) is 3. The van der Waals surface area contributed by atoms with Gasteiger partial charge in [-0.25, -0.2) is 0 Å². The lowest BCUT2D eigenvalue weighted by Crippen LogP contribution is -2.46. The third-order valence-electron chi connectivity index (χ3n) is 2.22. The summed E-state index contributed by atoms with van der Waals surface area (Å²) in [7, 11) is 0. The van der Waals surface area contributed by atoms with E-state index in [2.05, 4.69) is 5.32 Å². The molecule has 0 aromatic rings. The lowest BCUT2D eigenvalue weighted by molar-refractivity contribution is -0.137. The Morgan fingerprint density at radius 1 is 1.41 bits per heavy atom. The van der Waals surface area contributed by atoms with E-state index in [4.69, 9.17) is 10.8 Å². The molecule has 0 aromatic heterocycles. The van der Waals surface area contributed by atoms with E-state index < -0.39 is 24.0 Å². The van der Waals surface area contributed by atoms with Gasteiger partial charge in [0.05, 0.1) is 12.1 Å². The highest BCUT2D eigenvalue weighted by molar-refractivity contribution is 5.84. The summed E-state index contributed by atoms with van der Waals surface area (Å²) in [6.45, 7) is 3.88. The Kier molecular flexibility index (Phi) is 7.13.